The predicted molar refractivity (Wildman–Crippen MR) is 73.1 cm³/mol. The lowest BCUT2D eigenvalue weighted by molar-refractivity contribution is 0.0498. The minimum atomic E-state index is -0.109. The van der Waals surface area contributed by atoms with Crippen LogP contribution in [0.2, 0.25) is 0 Å². The van der Waals surface area contributed by atoms with E-state index < -0.39 is 0 Å². The standard InChI is InChI=1S/C14H22N2O3/c1-17-10-6-7-12(18-2)11(8-10)13(16-15)14(19-3)9-4-5-9/h6-9,13-14,16H,4-5,15H2,1-3H3. The first-order valence-electron chi connectivity index (χ1n) is 6.46. The summed E-state index contributed by atoms with van der Waals surface area (Å²) in [6.45, 7) is 0. The number of hydrogen-bond donors (Lipinski definition) is 2. The Hall–Kier alpha value is -1.30. The maximum atomic E-state index is 5.74. The molecule has 1 aliphatic rings. The summed E-state index contributed by atoms with van der Waals surface area (Å²) in [7, 11) is 5.02. The van der Waals surface area contributed by atoms with E-state index in [9.17, 15) is 0 Å². The molecule has 3 N–H and O–H groups in total. The lowest BCUT2D eigenvalue weighted by Gasteiger charge is -2.27. The number of rotatable bonds is 7. The van der Waals surface area contributed by atoms with Crippen molar-refractivity contribution >= 4 is 0 Å². The molecule has 1 saturated carbocycles. The zero-order valence-corrected chi connectivity index (χ0v) is 11.7. The summed E-state index contributed by atoms with van der Waals surface area (Å²) in [5, 5.41) is 0. The Kier molecular flexibility index (Phi) is 4.63. The van der Waals surface area contributed by atoms with E-state index in [2.05, 4.69) is 5.43 Å². The molecule has 1 aromatic rings. The Morgan fingerprint density at radius 3 is 2.42 bits per heavy atom. The van der Waals surface area contributed by atoms with Gasteiger partial charge in [0.15, 0.2) is 0 Å². The van der Waals surface area contributed by atoms with Crippen LogP contribution in [-0.2, 0) is 4.74 Å². The second-order valence-corrected chi connectivity index (χ2v) is 4.79. The van der Waals surface area contributed by atoms with Gasteiger partial charge in [0, 0.05) is 12.7 Å². The minimum Gasteiger partial charge on any atom is -0.497 e. The molecule has 0 bridgehead atoms. The van der Waals surface area contributed by atoms with Crippen molar-refractivity contribution in [2.45, 2.75) is 25.0 Å². The van der Waals surface area contributed by atoms with Gasteiger partial charge in [0.25, 0.3) is 0 Å². The van der Waals surface area contributed by atoms with E-state index in [-0.39, 0.29) is 12.1 Å². The summed E-state index contributed by atoms with van der Waals surface area (Å²) in [6.07, 6.45) is 2.41. The van der Waals surface area contributed by atoms with Crippen LogP contribution in [0.5, 0.6) is 11.5 Å². The molecule has 106 valence electrons. The molecule has 2 unspecified atom stereocenters. The molecule has 2 rings (SSSR count). The van der Waals surface area contributed by atoms with Gasteiger partial charge in [0.2, 0.25) is 0 Å². The molecule has 0 aliphatic heterocycles. The van der Waals surface area contributed by atoms with Gasteiger partial charge in [-0.2, -0.15) is 0 Å². The molecule has 1 aliphatic carbocycles. The SMILES string of the molecule is COc1ccc(OC)c(C(NN)C(OC)C2CC2)c1. The van der Waals surface area contributed by atoms with Crippen LogP contribution in [-0.4, -0.2) is 27.4 Å². The lowest BCUT2D eigenvalue weighted by Crippen LogP contribution is -2.39. The van der Waals surface area contributed by atoms with Gasteiger partial charge in [0.05, 0.1) is 26.4 Å². The molecular formula is C14H22N2O3. The first kappa shape index (κ1) is 14.1. The molecule has 0 heterocycles. The maximum absolute atomic E-state index is 5.74. The van der Waals surface area contributed by atoms with Crippen LogP contribution in [0.1, 0.15) is 24.4 Å². The number of hydrazine groups is 1. The fourth-order valence-corrected chi connectivity index (χ4v) is 2.47. The summed E-state index contributed by atoms with van der Waals surface area (Å²) >= 11 is 0. The van der Waals surface area contributed by atoms with Crippen molar-refractivity contribution in [1.29, 1.82) is 0 Å². The highest BCUT2D eigenvalue weighted by atomic mass is 16.5. The highest BCUT2D eigenvalue weighted by Gasteiger charge is 2.38. The van der Waals surface area contributed by atoms with Crippen molar-refractivity contribution in [2.75, 3.05) is 21.3 Å². The Morgan fingerprint density at radius 1 is 1.21 bits per heavy atom. The topological polar surface area (TPSA) is 65.7 Å². The predicted octanol–water partition coefficient (Wildman–Crippen LogP) is 1.63. The molecule has 19 heavy (non-hydrogen) atoms. The van der Waals surface area contributed by atoms with E-state index in [1.165, 1.54) is 12.8 Å². The highest BCUT2D eigenvalue weighted by molar-refractivity contribution is 5.43. The van der Waals surface area contributed by atoms with Gasteiger partial charge in [-0.1, -0.05) is 0 Å². The monoisotopic (exact) mass is 266 g/mol. The van der Waals surface area contributed by atoms with Gasteiger partial charge < -0.3 is 14.2 Å². The van der Waals surface area contributed by atoms with Crippen LogP contribution in [0.3, 0.4) is 0 Å². The molecule has 0 spiro atoms. The summed E-state index contributed by atoms with van der Waals surface area (Å²) in [5.74, 6) is 7.86. The average molecular weight is 266 g/mol. The zero-order valence-electron chi connectivity index (χ0n) is 11.7. The second kappa shape index (κ2) is 6.23. The first-order chi connectivity index (χ1) is 9.24. The number of ether oxygens (including phenoxy) is 3. The molecule has 1 fully saturated rings. The van der Waals surface area contributed by atoms with Crippen LogP contribution in [0.4, 0.5) is 0 Å². The van der Waals surface area contributed by atoms with Crippen molar-refractivity contribution in [1.82, 2.24) is 5.43 Å². The largest absolute Gasteiger partial charge is 0.497 e. The van der Waals surface area contributed by atoms with Crippen molar-refractivity contribution < 1.29 is 14.2 Å². The van der Waals surface area contributed by atoms with Crippen LogP contribution in [0.15, 0.2) is 18.2 Å². The number of hydrogen-bond acceptors (Lipinski definition) is 5. The van der Waals surface area contributed by atoms with Gasteiger partial charge in [-0.05, 0) is 37.0 Å². The number of nitrogens with two attached hydrogens (primary N) is 1. The Balaban J connectivity index is 2.34. The van der Waals surface area contributed by atoms with E-state index in [1.54, 1.807) is 21.3 Å². The Morgan fingerprint density at radius 2 is 1.95 bits per heavy atom. The molecule has 0 saturated heterocycles. The van der Waals surface area contributed by atoms with E-state index in [0.29, 0.717) is 5.92 Å². The third-order valence-electron chi connectivity index (χ3n) is 3.64. The third-order valence-corrected chi connectivity index (χ3v) is 3.64. The van der Waals surface area contributed by atoms with E-state index in [1.807, 2.05) is 18.2 Å². The van der Waals surface area contributed by atoms with Crippen LogP contribution >= 0.6 is 0 Å². The maximum Gasteiger partial charge on any atom is 0.124 e. The van der Waals surface area contributed by atoms with Gasteiger partial charge in [-0.3, -0.25) is 11.3 Å². The van der Waals surface area contributed by atoms with E-state index in [0.717, 1.165) is 17.1 Å². The molecule has 0 amide bonds. The van der Waals surface area contributed by atoms with Crippen LogP contribution < -0.4 is 20.7 Å². The molecular weight excluding hydrogens is 244 g/mol. The molecule has 1 aromatic carbocycles. The molecule has 2 atom stereocenters. The average Bonchev–Trinajstić information content (AvgIpc) is 3.28. The third kappa shape index (κ3) is 3.00. The van der Waals surface area contributed by atoms with Gasteiger partial charge >= 0.3 is 0 Å². The molecule has 5 heteroatoms. The molecule has 0 radical (unpaired) electrons. The second-order valence-electron chi connectivity index (χ2n) is 4.79. The Bertz CT molecular complexity index is 421. The fraction of sp³-hybridized carbons (Fsp3) is 0.571. The van der Waals surface area contributed by atoms with Crippen molar-refractivity contribution in [2.24, 2.45) is 11.8 Å². The van der Waals surface area contributed by atoms with Gasteiger partial charge in [0.1, 0.15) is 11.5 Å². The minimum absolute atomic E-state index is 0.0472. The molecule has 5 nitrogen and oxygen atoms in total. The highest BCUT2D eigenvalue weighted by Crippen LogP contribution is 2.42. The molecule has 0 aromatic heterocycles. The summed E-state index contributed by atoms with van der Waals surface area (Å²) in [6, 6.07) is 5.59. The van der Waals surface area contributed by atoms with Crippen molar-refractivity contribution in [3.05, 3.63) is 23.8 Å². The van der Waals surface area contributed by atoms with Crippen LogP contribution in [0.25, 0.3) is 0 Å². The quantitative estimate of drug-likeness (QED) is 0.580. The summed E-state index contributed by atoms with van der Waals surface area (Å²) in [4.78, 5) is 0. The van der Waals surface area contributed by atoms with Crippen molar-refractivity contribution in [3.63, 3.8) is 0 Å². The van der Waals surface area contributed by atoms with E-state index in [4.69, 9.17) is 20.1 Å². The first-order valence-corrected chi connectivity index (χ1v) is 6.46. The number of nitrogens with one attached hydrogen (secondary N) is 1. The lowest BCUT2D eigenvalue weighted by atomic mass is 9.97. The van der Waals surface area contributed by atoms with Gasteiger partial charge in [-0.25, -0.2) is 0 Å². The summed E-state index contributed by atoms with van der Waals surface area (Å²) < 4.78 is 16.3. The zero-order chi connectivity index (χ0) is 13.8. The Labute approximate surface area is 114 Å². The van der Waals surface area contributed by atoms with Gasteiger partial charge in [-0.15, -0.1) is 0 Å². The van der Waals surface area contributed by atoms with Crippen LogP contribution in [0, 0.1) is 5.92 Å². The normalized spacial score (nSPS) is 17.9. The van der Waals surface area contributed by atoms with Crippen molar-refractivity contribution in [3.8, 4) is 11.5 Å². The van der Waals surface area contributed by atoms with E-state index >= 15 is 0 Å². The summed E-state index contributed by atoms with van der Waals surface area (Å²) in [5.41, 5.74) is 3.82. The number of methoxy groups -OCH3 is 3. The number of benzene rings is 1. The smallest absolute Gasteiger partial charge is 0.124 e. The fourth-order valence-electron chi connectivity index (χ4n) is 2.47.